The number of amides is 1. The van der Waals surface area contributed by atoms with Crippen LogP contribution in [0, 0.1) is 11.7 Å². The molecule has 1 aliphatic carbocycles. The van der Waals surface area contributed by atoms with E-state index in [1.807, 2.05) is 0 Å². The van der Waals surface area contributed by atoms with Gasteiger partial charge < -0.3 is 15.8 Å². The van der Waals surface area contributed by atoms with Gasteiger partial charge in [0.15, 0.2) is 0 Å². The first kappa shape index (κ1) is 17.7. The Morgan fingerprint density at radius 1 is 1.33 bits per heavy atom. The third-order valence-electron chi connectivity index (χ3n) is 3.55. The lowest BCUT2D eigenvalue weighted by molar-refractivity contribution is -0.124. The molecule has 0 aliphatic heterocycles. The van der Waals surface area contributed by atoms with Crippen LogP contribution in [0.15, 0.2) is 24.3 Å². The molecule has 1 amide bonds. The van der Waals surface area contributed by atoms with Crippen molar-refractivity contribution in [3.8, 4) is 5.75 Å². The molecular formula is C15H22ClFN2O2. The normalized spacial score (nSPS) is 20.7. The van der Waals surface area contributed by atoms with Gasteiger partial charge in [-0.1, -0.05) is 0 Å². The van der Waals surface area contributed by atoms with Crippen molar-refractivity contribution < 1.29 is 13.9 Å². The lowest BCUT2D eigenvalue weighted by Crippen LogP contribution is -2.31. The molecule has 1 aromatic rings. The molecule has 118 valence electrons. The highest BCUT2D eigenvalue weighted by Crippen LogP contribution is 2.23. The summed E-state index contributed by atoms with van der Waals surface area (Å²) in [6.45, 7) is 1.09. The van der Waals surface area contributed by atoms with Gasteiger partial charge in [0.25, 0.3) is 0 Å². The van der Waals surface area contributed by atoms with Gasteiger partial charge in [0.2, 0.25) is 5.91 Å². The van der Waals surface area contributed by atoms with E-state index in [1.165, 1.54) is 12.1 Å². The van der Waals surface area contributed by atoms with E-state index in [2.05, 4.69) is 5.32 Å². The first-order valence-electron chi connectivity index (χ1n) is 7.07. The Labute approximate surface area is 130 Å². The Bertz CT molecular complexity index is 442. The van der Waals surface area contributed by atoms with Crippen molar-refractivity contribution in [2.45, 2.75) is 31.7 Å². The van der Waals surface area contributed by atoms with Crippen molar-refractivity contribution in [2.75, 3.05) is 13.2 Å². The molecular weight excluding hydrogens is 295 g/mol. The maximum Gasteiger partial charge on any atom is 0.223 e. The standard InChI is InChI=1S/C15H21FN2O2.ClH/c16-12-3-6-14(7-4-12)20-9-1-8-18-15(19)11-2-5-13(17)10-11;/h3-4,6-7,11,13H,1-2,5,8-10,17H2,(H,18,19);1H. The average Bonchev–Trinajstić information content (AvgIpc) is 2.87. The molecule has 1 aromatic carbocycles. The Morgan fingerprint density at radius 2 is 2.05 bits per heavy atom. The van der Waals surface area contributed by atoms with E-state index in [-0.39, 0.29) is 36.1 Å². The maximum absolute atomic E-state index is 12.7. The molecule has 6 heteroatoms. The summed E-state index contributed by atoms with van der Waals surface area (Å²) in [6, 6.07) is 6.08. The van der Waals surface area contributed by atoms with Gasteiger partial charge >= 0.3 is 0 Å². The third-order valence-corrected chi connectivity index (χ3v) is 3.55. The van der Waals surface area contributed by atoms with Crippen LogP contribution < -0.4 is 15.8 Å². The highest BCUT2D eigenvalue weighted by atomic mass is 35.5. The lowest BCUT2D eigenvalue weighted by Gasteiger charge is -2.11. The fourth-order valence-corrected chi connectivity index (χ4v) is 2.40. The topological polar surface area (TPSA) is 64.4 Å². The van der Waals surface area contributed by atoms with Crippen molar-refractivity contribution in [3.63, 3.8) is 0 Å². The molecule has 0 heterocycles. The van der Waals surface area contributed by atoms with Gasteiger partial charge in [-0.2, -0.15) is 0 Å². The van der Waals surface area contributed by atoms with Gasteiger partial charge in [-0.05, 0) is 49.9 Å². The number of halogens is 2. The molecule has 1 saturated carbocycles. The fourth-order valence-electron chi connectivity index (χ4n) is 2.40. The van der Waals surface area contributed by atoms with E-state index in [4.69, 9.17) is 10.5 Å². The van der Waals surface area contributed by atoms with Crippen molar-refractivity contribution in [1.29, 1.82) is 0 Å². The van der Waals surface area contributed by atoms with Crippen LogP contribution in [0.4, 0.5) is 4.39 Å². The van der Waals surface area contributed by atoms with Crippen LogP contribution in [0.3, 0.4) is 0 Å². The number of carbonyl (C=O) groups is 1. The number of nitrogens with two attached hydrogens (primary N) is 1. The van der Waals surface area contributed by atoms with Crippen LogP contribution >= 0.6 is 12.4 Å². The van der Waals surface area contributed by atoms with Gasteiger partial charge in [-0.25, -0.2) is 4.39 Å². The number of carbonyl (C=O) groups excluding carboxylic acids is 1. The Morgan fingerprint density at radius 3 is 2.67 bits per heavy atom. The lowest BCUT2D eigenvalue weighted by atomic mass is 10.1. The third kappa shape index (κ3) is 5.89. The summed E-state index contributed by atoms with van der Waals surface area (Å²) in [5, 5.41) is 2.91. The highest BCUT2D eigenvalue weighted by molar-refractivity contribution is 5.85. The highest BCUT2D eigenvalue weighted by Gasteiger charge is 2.27. The zero-order chi connectivity index (χ0) is 14.4. The number of hydrogen-bond donors (Lipinski definition) is 2. The molecule has 2 unspecified atom stereocenters. The first-order valence-corrected chi connectivity index (χ1v) is 7.07. The molecule has 0 bridgehead atoms. The number of benzene rings is 1. The molecule has 0 spiro atoms. The Kier molecular flexibility index (Phi) is 7.47. The van der Waals surface area contributed by atoms with Crippen LogP contribution in [0.5, 0.6) is 5.75 Å². The largest absolute Gasteiger partial charge is 0.494 e. The summed E-state index contributed by atoms with van der Waals surface area (Å²) in [6.07, 6.45) is 3.34. The molecule has 3 N–H and O–H groups in total. The van der Waals surface area contributed by atoms with Gasteiger partial charge in [0, 0.05) is 18.5 Å². The van der Waals surface area contributed by atoms with Crippen molar-refractivity contribution in [2.24, 2.45) is 11.7 Å². The molecule has 0 radical (unpaired) electrons. The predicted molar refractivity (Wildman–Crippen MR) is 82.1 cm³/mol. The van der Waals surface area contributed by atoms with Crippen LogP contribution in [0.25, 0.3) is 0 Å². The van der Waals surface area contributed by atoms with E-state index in [0.29, 0.717) is 18.9 Å². The second-order valence-electron chi connectivity index (χ2n) is 5.22. The molecule has 2 rings (SSSR count). The molecule has 2 atom stereocenters. The summed E-state index contributed by atoms with van der Waals surface area (Å²) in [5.74, 6) is 0.529. The second-order valence-corrected chi connectivity index (χ2v) is 5.22. The van der Waals surface area contributed by atoms with Crippen LogP contribution in [0.2, 0.25) is 0 Å². The summed E-state index contributed by atoms with van der Waals surface area (Å²) in [4.78, 5) is 11.8. The van der Waals surface area contributed by atoms with Crippen molar-refractivity contribution in [3.05, 3.63) is 30.1 Å². The van der Waals surface area contributed by atoms with Gasteiger partial charge in [-0.3, -0.25) is 4.79 Å². The monoisotopic (exact) mass is 316 g/mol. The maximum atomic E-state index is 12.7. The number of nitrogens with one attached hydrogen (secondary N) is 1. The Balaban J connectivity index is 0.00000220. The van der Waals surface area contributed by atoms with E-state index in [9.17, 15) is 9.18 Å². The minimum absolute atomic E-state index is 0. The smallest absolute Gasteiger partial charge is 0.223 e. The number of ether oxygens (including phenoxy) is 1. The van der Waals surface area contributed by atoms with Gasteiger partial charge in [-0.15, -0.1) is 12.4 Å². The molecule has 4 nitrogen and oxygen atoms in total. The van der Waals surface area contributed by atoms with Gasteiger partial charge in [0.1, 0.15) is 11.6 Å². The fraction of sp³-hybridized carbons (Fsp3) is 0.533. The minimum atomic E-state index is -0.278. The van der Waals surface area contributed by atoms with Gasteiger partial charge in [0.05, 0.1) is 6.61 Å². The SMILES string of the molecule is Cl.NC1CCC(C(=O)NCCCOc2ccc(F)cc2)C1. The van der Waals surface area contributed by atoms with E-state index < -0.39 is 0 Å². The van der Waals surface area contributed by atoms with Crippen LogP contribution in [-0.4, -0.2) is 25.1 Å². The van der Waals surface area contributed by atoms with E-state index in [0.717, 1.165) is 25.7 Å². The zero-order valence-electron chi connectivity index (χ0n) is 11.9. The molecule has 1 aliphatic rings. The van der Waals surface area contributed by atoms with Crippen LogP contribution in [-0.2, 0) is 4.79 Å². The average molecular weight is 317 g/mol. The number of rotatable bonds is 6. The predicted octanol–water partition coefficient (Wildman–Crippen LogP) is 2.26. The molecule has 0 saturated heterocycles. The minimum Gasteiger partial charge on any atom is -0.494 e. The quantitative estimate of drug-likeness (QED) is 0.791. The number of hydrogen-bond acceptors (Lipinski definition) is 3. The summed E-state index contributed by atoms with van der Waals surface area (Å²) >= 11 is 0. The van der Waals surface area contributed by atoms with Crippen molar-refractivity contribution >= 4 is 18.3 Å². The van der Waals surface area contributed by atoms with Crippen molar-refractivity contribution in [1.82, 2.24) is 5.32 Å². The molecule has 21 heavy (non-hydrogen) atoms. The van der Waals surface area contributed by atoms with E-state index in [1.54, 1.807) is 12.1 Å². The molecule has 1 fully saturated rings. The summed E-state index contributed by atoms with van der Waals surface area (Å²) in [5.41, 5.74) is 5.79. The summed E-state index contributed by atoms with van der Waals surface area (Å²) in [7, 11) is 0. The van der Waals surface area contributed by atoms with E-state index >= 15 is 0 Å². The summed E-state index contributed by atoms with van der Waals surface area (Å²) < 4.78 is 18.1. The first-order chi connectivity index (χ1) is 9.65. The molecule has 0 aromatic heterocycles. The van der Waals surface area contributed by atoms with Crippen LogP contribution in [0.1, 0.15) is 25.7 Å². The zero-order valence-corrected chi connectivity index (χ0v) is 12.7. The Hall–Kier alpha value is -1.33. The second kappa shape index (κ2) is 8.85.